The molecule has 2 nitrogen and oxygen atoms in total. The Balaban J connectivity index is 2.46. The molecule has 3 atom stereocenters. The van der Waals surface area contributed by atoms with Gasteiger partial charge < -0.3 is 10.1 Å². The number of hydrogen-bond acceptors (Lipinski definition) is 2. The van der Waals surface area contributed by atoms with Crippen molar-refractivity contribution >= 4 is 0 Å². The number of hydrogen-bond donors (Lipinski definition) is 1. The third-order valence-corrected chi connectivity index (χ3v) is 2.84. The zero-order valence-electron chi connectivity index (χ0n) is 8.75. The summed E-state index contributed by atoms with van der Waals surface area (Å²) in [5.74, 6) is 0.665. The third kappa shape index (κ3) is 2.82. The molecule has 0 aliphatic carbocycles. The van der Waals surface area contributed by atoms with Crippen molar-refractivity contribution in [2.45, 2.75) is 38.8 Å². The molecular weight excluding hydrogens is 162 g/mol. The maximum atomic E-state index is 5.56. The van der Waals surface area contributed by atoms with Crippen molar-refractivity contribution in [2.24, 2.45) is 5.92 Å². The highest BCUT2D eigenvalue weighted by Gasteiger charge is 2.30. The molecule has 0 aromatic heterocycles. The summed E-state index contributed by atoms with van der Waals surface area (Å²) in [6.07, 6.45) is 4.64. The minimum atomic E-state index is 0.406. The van der Waals surface area contributed by atoms with Crippen LogP contribution in [0.3, 0.4) is 0 Å². The van der Waals surface area contributed by atoms with Crippen molar-refractivity contribution < 1.29 is 4.74 Å². The first-order valence-corrected chi connectivity index (χ1v) is 5.25. The number of rotatable bonds is 5. The monoisotopic (exact) mass is 183 g/mol. The van der Waals surface area contributed by atoms with E-state index in [9.17, 15) is 0 Å². The van der Waals surface area contributed by atoms with Crippen LogP contribution >= 0.6 is 0 Å². The Labute approximate surface area is 81.4 Å². The topological polar surface area (TPSA) is 21.3 Å². The van der Waals surface area contributed by atoms with Crippen molar-refractivity contribution in [2.75, 3.05) is 13.2 Å². The Morgan fingerprint density at radius 3 is 2.92 bits per heavy atom. The van der Waals surface area contributed by atoms with Crippen molar-refractivity contribution in [1.82, 2.24) is 5.32 Å². The Morgan fingerprint density at radius 1 is 1.69 bits per heavy atom. The molecule has 2 heteroatoms. The molecule has 1 aliphatic rings. The van der Waals surface area contributed by atoms with Gasteiger partial charge in [0.15, 0.2) is 0 Å². The van der Waals surface area contributed by atoms with Crippen molar-refractivity contribution in [3.8, 4) is 0 Å². The fourth-order valence-corrected chi connectivity index (χ4v) is 2.13. The summed E-state index contributed by atoms with van der Waals surface area (Å²) in [4.78, 5) is 0. The average Bonchev–Trinajstić information content (AvgIpc) is 2.51. The minimum absolute atomic E-state index is 0.406. The normalized spacial score (nSPS) is 30.3. The van der Waals surface area contributed by atoms with Crippen LogP contribution < -0.4 is 5.32 Å². The SMILES string of the molecule is C=CCC(NCC)C1CCOC1C. The Bertz CT molecular complexity index is 158. The highest BCUT2D eigenvalue weighted by Crippen LogP contribution is 2.25. The zero-order valence-corrected chi connectivity index (χ0v) is 8.75. The van der Waals surface area contributed by atoms with Gasteiger partial charge in [0, 0.05) is 18.6 Å². The predicted molar refractivity (Wildman–Crippen MR) is 55.8 cm³/mol. The van der Waals surface area contributed by atoms with Crippen molar-refractivity contribution in [3.63, 3.8) is 0 Å². The van der Waals surface area contributed by atoms with Crippen LogP contribution in [0.2, 0.25) is 0 Å². The van der Waals surface area contributed by atoms with Crippen LogP contribution in [0.15, 0.2) is 12.7 Å². The molecule has 3 unspecified atom stereocenters. The van der Waals surface area contributed by atoms with E-state index in [2.05, 4.69) is 25.7 Å². The Kier molecular flexibility index (Phi) is 4.46. The van der Waals surface area contributed by atoms with Crippen LogP contribution in [-0.4, -0.2) is 25.3 Å². The molecular formula is C11H21NO. The second kappa shape index (κ2) is 5.40. The molecule has 1 rings (SSSR count). The van der Waals surface area contributed by atoms with Gasteiger partial charge in [0.05, 0.1) is 6.10 Å². The first kappa shape index (κ1) is 10.7. The van der Waals surface area contributed by atoms with Crippen LogP contribution in [0.4, 0.5) is 0 Å². The molecule has 0 saturated carbocycles. The lowest BCUT2D eigenvalue weighted by Crippen LogP contribution is -2.38. The van der Waals surface area contributed by atoms with E-state index in [4.69, 9.17) is 4.74 Å². The van der Waals surface area contributed by atoms with Crippen molar-refractivity contribution in [3.05, 3.63) is 12.7 Å². The molecule has 13 heavy (non-hydrogen) atoms. The molecule has 1 saturated heterocycles. The summed E-state index contributed by atoms with van der Waals surface area (Å²) in [6, 6.07) is 0.556. The first-order chi connectivity index (χ1) is 6.29. The van der Waals surface area contributed by atoms with E-state index >= 15 is 0 Å². The lowest BCUT2D eigenvalue weighted by molar-refractivity contribution is 0.0959. The quantitative estimate of drug-likeness (QED) is 0.658. The summed E-state index contributed by atoms with van der Waals surface area (Å²) in [7, 11) is 0. The van der Waals surface area contributed by atoms with Gasteiger partial charge in [0.25, 0.3) is 0 Å². The van der Waals surface area contributed by atoms with Gasteiger partial charge in [-0.25, -0.2) is 0 Å². The highest BCUT2D eigenvalue weighted by molar-refractivity contribution is 4.88. The van der Waals surface area contributed by atoms with Gasteiger partial charge >= 0.3 is 0 Å². The predicted octanol–water partition coefficient (Wildman–Crippen LogP) is 1.97. The molecule has 1 aliphatic heterocycles. The molecule has 0 spiro atoms. The molecule has 0 amide bonds. The van der Waals surface area contributed by atoms with E-state index < -0.39 is 0 Å². The lowest BCUT2D eigenvalue weighted by Gasteiger charge is -2.25. The van der Waals surface area contributed by atoms with Crippen molar-refractivity contribution in [1.29, 1.82) is 0 Å². The molecule has 0 aromatic carbocycles. The summed E-state index contributed by atoms with van der Waals surface area (Å²) >= 11 is 0. The van der Waals surface area contributed by atoms with E-state index in [1.807, 2.05) is 6.08 Å². The number of nitrogens with one attached hydrogen (secondary N) is 1. The van der Waals surface area contributed by atoms with Gasteiger partial charge in [-0.15, -0.1) is 6.58 Å². The third-order valence-electron chi connectivity index (χ3n) is 2.84. The molecule has 1 N–H and O–H groups in total. The van der Waals surface area contributed by atoms with Gasteiger partial charge in [-0.05, 0) is 26.3 Å². The summed E-state index contributed by atoms with van der Waals surface area (Å²) in [6.45, 7) is 10.1. The van der Waals surface area contributed by atoms with Crippen LogP contribution in [0, 0.1) is 5.92 Å². The fourth-order valence-electron chi connectivity index (χ4n) is 2.13. The molecule has 0 bridgehead atoms. The fraction of sp³-hybridized carbons (Fsp3) is 0.818. The molecule has 1 heterocycles. The summed E-state index contributed by atoms with van der Waals surface area (Å²) in [5.41, 5.74) is 0. The minimum Gasteiger partial charge on any atom is -0.378 e. The van der Waals surface area contributed by atoms with Crippen LogP contribution in [0.5, 0.6) is 0 Å². The molecule has 0 aromatic rings. The summed E-state index contributed by atoms with van der Waals surface area (Å²) in [5, 5.41) is 3.50. The van der Waals surface area contributed by atoms with Gasteiger partial charge in [0.2, 0.25) is 0 Å². The summed E-state index contributed by atoms with van der Waals surface area (Å²) < 4.78 is 5.56. The first-order valence-electron chi connectivity index (χ1n) is 5.25. The molecule has 0 radical (unpaired) electrons. The second-order valence-corrected chi connectivity index (χ2v) is 3.72. The smallest absolute Gasteiger partial charge is 0.0590 e. The number of ether oxygens (including phenoxy) is 1. The standard InChI is InChI=1S/C11H21NO/c1-4-6-11(12-5-2)10-7-8-13-9(10)3/h4,9-12H,1,5-8H2,2-3H3. The van der Waals surface area contributed by atoms with E-state index in [0.29, 0.717) is 18.1 Å². The molecule has 1 fully saturated rings. The van der Waals surface area contributed by atoms with Crippen LogP contribution in [0.25, 0.3) is 0 Å². The second-order valence-electron chi connectivity index (χ2n) is 3.72. The zero-order chi connectivity index (χ0) is 9.68. The van der Waals surface area contributed by atoms with E-state index in [0.717, 1.165) is 19.6 Å². The Hall–Kier alpha value is -0.340. The lowest BCUT2D eigenvalue weighted by atomic mass is 9.91. The Morgan fingerprint density at radius 2 is 2.46 bits per heavy atom. The van der Waals surface area contributed by atoms with Gasteiger partial charge in [-0.2, -0.15) is 0 Å². The maximum absolute atomic E-state index is 5.56. The van der Waals surface area contributed by atoms with Gasteiger partial charge in [-0.3, -0.25) is 0 Å². The van der Waals surface area contributed by atoms with E-state index in [-0.39, 0.29) is 0 Å². The van der Waals surface area contributed by atoms with Crippen LogP contribution in [-0.2, 0) is 4.74 Å². The van der Waals surface area contributed by atoms with Gasteiger partial charge in [-0.1, -0.05) is 13.0 Å². The average molecular weight is 183 g/mol. The molecule has 76 valence electrons. The van der Waals surface area contributed by atoms with E-state index in [1.165, 1.54) is 6.42 Å². The van der Waals surface area contributed by atoms with E-state index in [1.54, 1.807) is 0 Å². The van der Waals surface area contributed by atoms with Crippen LogP contribution in [0.1, 0.15) is 26.7 Å². The largest absolute Gasteiger partial charge is 0.378 e. The highest BCUT2D eigenvalue weighted by atomic mass is 16.5. The van der Waals surface area contributed by atoms with Gasteiger partial charge in [0.1, 0.15) is 0 Å². The maximum Gasteiger partial charge on any atom is 0.0590 e.